The molecule has 2 heterocycles. The van der Waals surface area contributed by atoms with Crippen molar-refractivity contribution in [2.24, 2.45) is 0 Å². The molecule has 0 bridgehead atoms. The van der Waals surface area contributed by atoms with E-state index in [0.29, 0.717) is 17.4 Å². The lowest BCUT2D eigenvalue weighted by Crippen LogP contribution is -2.35. The van der Waals surface area contributed by atoms with Crippen LogP contribution in [0.15, 0.2) is 42.7 Å². The van der Waals surface area contributed by atoms with Crippen LogP contribution in [0.2, 0.25) is 0 Å². The van der Waals surface area contributed by atoms with Crippen LogP contribution >= 0.6 is 0 Å². The Morgan fingerprint density at radius 2 is 1.88 bits per heavy atom. The van der Waals surface area contributed by atoms with E-state index in [2.05, 4.69) is 15.3 Å². The summed E-state index contributed by atoms with van der Waals surface area (Å²) in [6.07, 6.45) is 4.84. The first kappa shape index (κ1) is 20.0. The highest BCUT2D eigenvalue weighted by molar-refractivity contribution is 6.04. The van der Waals surface area contributed by atoms with Gasteiger partial charge in [-0.3, -0.25) is 14.6 Å². The number of nitrogens with zero attached hydrogens (tertiary/aromatic N) is 3. The van der Waals surface area contributed by atoms with Crippen molar-refractivity contribution in [2.75, 3.05) is 23.9 Å². The maximum atomic E-state index is 13.8. The highest BCUT2D eigenvalue weighted by Crippen LogP contribution is 2.52. The van der Waals surface area contributed by atoms with Gasteiger partial charge >= 0.3 is 0 Å². The number of likely N-dealkylation sites (N-methyl/N-ethyl adjacent to an activating group) is 1. The van der Waals surface area contributed by atoms with Crippen LogP contribution in [0, 0.1) is 11.6 Å². The van der Waals surface area contributed by atoms with Gasteiger partial charge in [0.15, 0.2) is 12.4 Å². The Morgan fingerprint density at radius 1 is 1.12 bits per heavy atom. The summed E-state index contributed by atoms with van der Waals surface area (Å²) in [6.45, 7) is -0.0179. The molecule has 2 amide bonds. The molecule has 9 heteroatoms. The SMILES string of the molecule is CN1C(=O)COc2c1ccc(-c1cnc(NC(=O)c3c(F)cccc3F)cn1)c2C1CC1. The summed E-state index contributed by atoms with van der Waals surface area (Å²) in [7, 11) is 1.72. The summed E-state index contributed by atoms with van der Waals surface area (Å²) in [5.74, 6) is -1.92. The number of fused-ring (bicyclic) bond motifs is 1. The molecule has 1 fully saturated rings. The van der Waals surface area contributed by atoms with Crippen LogP contribution in [-0.4, -0.2) is 35.4 Å². The van der Waals surface area contributed by atoms with Gasteiger partial charge in [-0.15, -0.1) is 0 Å². The van der Waals surface area contributed by atoms with Gasteiger partial charge in [0.05, 0.1) is 23.8 Å². The minimum atomic E-state index is -0.960. The average molecular weight is 436 g/mol. The number of carbonyl (C=O) groups excluding carboxylic acids is 2. The lowest BCUT2D eigenvalue weighted by atomic mass is 9.97. The van der Waals surface area contributed by atoms with Gasteiger partial charge in [0.1, 0.15) is 22.9 Å². The first-order valence-corrected chi connectivity index (χ1v) is 10.1. The van der Waals surface area contributed by atoms with E-state index in [1.165, 1.54) is 18.5 Å². The van der Waals surface area contributed by atoms with E-state index in [4.69, 9.17) is 4.74 Å². The molecular weight excluding hydrogens is 418 g/mol. The molecule has 1 aromatic heterocycles. The largest absolute Gasteiger partial charge is 0.481 e. The maximum Gasteiger partial charge on any atom is 0.264 e. The number of rotatable bonds is 4. The number of aromatic nitrogens is 2. The summed E-state index contributed by atoms with van der Waals surface area (Å²) >= 11 is 0. The molecule has 1 saturated carbocycles. The number of carbonyl (C=O) groups is 2. The van der Waals surface area contributed by atoms with Crippen molar-refractivity contribution in [2.45, 2.75) is 18.8 Å². The second-order valence-corrected chi connectivity index (χ2v) is 7.73. The Morgan fingerprint density at radius 3 is 2.53 bits per heavy atom. The molecular formula is C23H18F2N4O3. The smallest absolute Gasteiger partial charge is 0.264 e. The number of ether oxygens (including phenoxy) is 1. The van der Waals surface area contributed by atoms with Gasteiger partial charge in [-0.25, -0.2) is 13.8 Å². The van der Waals surface area contributed by atoms with Crippen molar-refractivity contribution in [3.05, 3.63) is 65.5 Å². The zero-order valence-electron chi connectivity index (χ0n) is 17.1. The van der Waals surface area contributed by atoms with Crippen molar-refractivity contribution < 1.29 is 23.1 Å². The first-order chi connectivity index (χ1) is 15.4. The van der Waals surface area contributed by atoms with Crippen molar-refractivity contribution in [1.82, 2.24) is 9.97 Å². The van der Waals surface area contributed by atoms with Crippen LogP contribution in [0.4, 0.5) is 20.3 Å². The fourth-order valence-corrected chi connectivity index (χ4v) is 3.79. The molecule has 0 atom stereocenters. The Bertz CT molecular complexity index is 1220. The number of anilines is 2. The molecule has 32 heavy (non-hydrogen) atoms. The number of halogens is 2. The molecule has 0 unspecified atom stereocenters. The highest BCUT2D eigenvalue weighted by Gasteiger charge is 2.35. The van der Waals surface area contributed by atoms with E-state index >= 15 is 0 Å². The van der Waals surface area contributed by atoms with Gasteiger partial charge in [-0.1, -0.05) is 12.1 Å². The third-order valence-electron chi connectivity index (χ3n) is 5.60. The molecule has 5 rings (SSSR count). The lowest BCUT2D eigenvalue weighted by molar-refractivity contribution is -0.121. The topological polar surface area (TPSA) is 84.4 Å². The van der Waals surface area contributed by atoms with E-state index < -0.39 is 23.1 Å². The normalized spacial score (nSPS) is 15.2. The van der Waals surface area contributed by atoms with Crippen molar-refractivity contribution in [3.63, 3.8) is 0 Å². The molecule has 2 aromatic carbocycles. The summed E-state index contributed by atoms with van der Waals surface area (Å²) in [6, 6.07) is 6.89. The minimum absolute atomic E-state index is 0.0179. The van der Waals surface area contributed by atoms with Crippen LogP contribution < -0.4 is 15.0 Å². The van der Waals surface area contributed by atoms with E-state index in [1.807, 2.05) is 12.1 Å². The van der Waals surface area contributed by atoms with Crippen LogP contribution in [-0.2, 0) is 4.79 Å². The number of amides is 2. The molecule has 7 nitrogen and oxygen atoms in total. The molecule has 3 aromatic rings. The molecule has 0 spiro atoms. The summed E-state index contributed by atoms with van der Waals surface area (Å²) in [5, 5.41) is 2.37. The van der Waals surface area contributed by atoms with E-state index in [9.17, 15) is 18.4 Å². The van der Waals surface area contributed by atoms with Crippen molar-refractivity contribution in [3.8, 4) is 17.0 Å². The summed E-state index contributed by atoms with van der Waals surface area (Å²) < 4.78 is 33.4. The predicted molar refractivity (Wildman–Crippen MR) is 113 cm³/mol. The molecule has 1 aliphatic carbocycles. The Labute approximate surface area is 182 Å². The molecule has 0 saturated heterocycles. The number of nitrogens with one attached hydrogen (secondary N) is 1. The Kier molecular flexibility index (Phi) is 4.80. The van der Waals surface area contributed by atoms with Gasteiger partial charge in [-0.2, -0.15) is 0 Å². The highest BCUT2D eigenvalue weighted by atomic mass is 19.1. The van der Waals surface area contributed by atoms with Crippen LogP contribution in [0.25, 0.3) is 11.3 Å². The monoisotopic (exact) mass is 436 g/mol. The van der Waals surface area contributed by atoms with Gasteiger partial charge < -0.3 is 15.0 Å². The van der Waals surface area contributed by atoms with Crippen molar-refractivity contribution in [1.29, 1.82) is 0 Å². The second-order valence-electron chi connectivity index (χ2n) is 7.73. The van der Waals surface area contributed by atoms with Crippen LogP contribution in [0.1, 0.15) is 34.7 Å². The first-order valence-electron chi connectivity index (χ1n) is 10.1. The zero-order valence-corrected chi connectivity index (χ0v) is 17.1. The lowest BCUT2D eigenvalue weighted by Gasteiger charge is -2.28. The number of hydrogen-bond acceptors (Lipinski definition) is 5. The number of hydrogen-bond donors (Lipinski definition) is 1. The van der Waals surface area contributed by atoms with Crippen LogP contribution in [0.3, 0.4) is 0 Å². The fraction of sp³-hybridized carbons (Fsp3) is 0.217. The standard InChI is InChI=1S/C23H18F2N4O3/c1-29-17-8-7-13(20(12-5-6-12)22(17)32-11-19(29)30)16-9-27-18(10-26-16)28-23(31)21-14(24)3-2-4-15(21)25/h2-4,7-10,12H,5-6,11H2,1H3,(H,27,28,31). The molecule has 162 valence electrons. The van der Waals surface area contributed by atoms with E-state index in [0.717, 1.165) is 41.8 Å². The quantitative estimate of drug-likeness (QED) is 0.671. The zero-order chi connectivity index (χ0) is 22.4. The molecule has 0 radical (unpaired) electrons. The molecule has 2 aliphatic rings. The predicted octanol–water partition coefficient (Wildman–Crippen LogP) is 3.91. The van der Waals surface area contributed by atoms with Gasteiger partial charge in [0.2, 0.25) is 0 Å². The molecule has 1 aliphatic heterocycles. The number of benzene rings is 2. The van der Waals surface area contributed by atoms with Crippen molar-refractivity contribution >= 4 is 23.3 Å². The van der Waals surface area contributed by atoms with Gasteiger partial charge in [0.25, 0.3) is 11.8 Å². The van der Waals surface area contributed by atoms with E-state index in [1.54, 1.807) is 11.9 Å². The average Bonchev–Trinajstić information content (AvgIpc) is 3.61. The fourth-order valence-electron chi connectivity index (χ4n) is 3.79. The Balaban J connectivity index is 1.45. The third-order valence-corrected chi connectivity index (χ3v) is 5.60. The van der Waals surface area contributed by atoms with Gasteiger partial charge in [-0.05, 0) is 37.0 Å². The molecule has 1 N–H and O–H groups in total. The van der Waals surface area contributed by atoms with Gasteiger partial charge in [0, 0.05) is 18.2 Å². The Hall–Kier alpha value is -3.88. The minimum Gasteiger partial charge on any atom is -0.481 e. The maximum absolute atomic E-state index is 13.8. The summed E-state index contributed by atoms with van der Waals surface area (Å²) in [4.78, 5) is 34.4. The summed E-state index contributed by atoms with van der Waals surface area (Å²) in [5.41, 5.74) is 2.42. The van der Waals surface area contributed by atoms with E-state index in [-0.39, 0.29) is 18.3 Å². The van der Waals surface area contributed by atoms with Crippen LogP contribution in [0.5, 0.6) is 5.75 Å². The third kappa shape index (κ3) is 3.45. The second kappa shape index (κ2) is 7.67.